The normalized spacial score (nSPS) is 25.6. The number of anilines is 1. The molecule has 1 amide bonds. The summed E-state index contributed by atoms with van der Waals surface area (Å²) >= 11 is 0. The predicted octanol–water partition coefficient (Wildman–Crippen LogP) is 1.32. The molecule has 5 heteroatoms. The van der Waals surface area contributed by atoms with Gasteiger partial charge in [-0.2, -0.15) is 5.10 Å². The Morgan fingerprint density at radius 2 is 2.19 bits per heavy atom. The van der Waals surface area contributed by atoms with Gasteiger partial charge in [0.15, 0.2) is 5.82 Å². The van der Waals surface area contributed by atoms with E-state index in [1.165, 1.54) is 19.3 Å². The summed E-state index contributed by atoms with van der Waals surface area (Å²) in [6.45, 7) is 2.21. The van der Waals surface area contributed by atoms with E-state index in [0.717, 1.165) is 6.42 Å². The van der Waals surface area contributed by atoms with Gasteiger partial charge in [-0.3, -0.25) is 9.48 Å². The van der Waals surface area contributed by atoms with E-state index >= 15 is 0 Å². The van der Waals surface area contributed by atoms with Gasteiger partial charge in [0.2, 0.25) is 0 Å². The van der Waals surface area contributed by atoms with Gasteiger partial charge in [0.25, 0.3) is 5.91 Å². The van der Waals surface area contributed by atoms with Crippen LogP contribution in [0.25, 0.3) is 0 Å². The summed E-state index contributed by atoms with van der Waals surface area (Å²) < 4.78 is 1.82. The number of hydrogen-bond acceptors (Lipinski definition) is 3. The van der Waals surface area contributed by atoms with Crippen LogP contribution < -0.4 is 11.5 Å². The van der Waals surface area contributed by atoms with E-state index in [4.69, 9.17) is 11.5 Å². The lowest BCUT2D eigenvalue weighted by Crippen LogP contribution is -2.21. The van der Waals surface area contributed by atoms with E-state index in [1.807, 2.05) is 4.68 Å². The van der Waals surface area contributed by atoms with Crippen molar-refractivity contribution in [2.75, 3.05) is 5.73 Å². The maximum atomic E-state index is 11.1. The van der Waals surface area contributed by atoms with Crippen molar-refractivity contribution in [1.82, 2.24) is 9.78 Å². The maximum Gasteiger partial charge on any atom is 0.254 e. The minimum Gasteiger partial charge on any atom is -0.382 e. The Labute approximate surface area is 94.8 Å². The second-order valence-corrected chi connectivity index (χ2v) is 4.60. The first-order valence-corrected chi connectivity index (χ1v) is 5.74. The number of nitrogen functional groups attached to an aromatic ring is 1. The highest BCUT2D eigenvalue weighted by Crippen LogP contribution is 2.33. The number of amides is 1. The van der Waals surface area contributed by atoms with Crippen molar-refractivity contribution in [3.8, 4) is 0 Å². The molecule has 1 heterocycles. The van der Waals surface area contributed by atoms with E-state index in [0.29, 0.717) is 17.5 Å². The van der Waals surface area contributed by atoms with Crippen LogP contribution in [0.2, 0.25) is 0 Å². The third-order valence-electron chi connectivity index (χ3n) is 3.43. The Kier molecular flexibility index (Phi) is 2.85. The Morgan fingerprint density at radius 3 is 2.75 bits per heavy atom. The Balaban J connectivity index is 2.26. The van der Waals surface area contributed by atoms with Crippen molar-refractivity contribution < 1.29 is 4.79 Å². The van der Waals surface area contributed by atoms with Crippen LogP contribution in [-0.2, 0) is 0 Å². The molecule has 0 bridgehead atoms. The number of nitrogens with two attached hydrogens (primary N) is 2. The second kappa shape index (κ2) is 4.15. The van der Waals surface area contributed by atoms with E-state index in [1.54, 1.807) is 6.20 Å². The molecule has 0 radical (unpaired) electrons. The van der Waals surface area contributed by atoms with E-state index in [2.05, 4.69) is 12.0 Å². The van der Waals surface area contributed by atoms with Crippen LogP contribution in [0.15, 0.2) is 6.20 Å². The van der Waals surface area contributed by atoms with Gasteiger partial charge in [-0.25, -0.2) is 0 Å². The van der Waals surface area contributed by atoms with Crippen molar-refractivity contribution in [3.05, 3.63) is 11.8 Å². The van der Waals surface area contributed by atoms with Crippen LogP contribution in [0.1, 0.15) is 49.0 Å². The molecule has 0 spiro atoms. The maximum absolute atomic E-state index is 11.1. The van der Waals surface area contributed by atoms with Crippen LogP contribution in [-0.4, -0.2) is 15.7 Å². The largest absolute Gasteiger partial charge is 0.382 e. The molecule has 5 nitrogen and oxygen atoms in total. The lowest BCUT2D eigenvalue weighted by molar-refractivity contribution is 0.100. The van der Waals surface area contributed by atoms with Gasteiger partial charge in [0.05, 0.1) is 6.04 Å². The number of primary amides is 1. The summed E-state index contributed by atoms with van der Waals surface area (Å²) in [5.41, 5.74) is 11.2. The van der Waals surface area contributed by atoms with Gasteiger partial charge in [0.1, 0.15) is 5.56 Å². The van der Waals surface area contributed by atoms with Crippen LogP contribution in [0, 0.1) is 5.92 Å². The minimum atomic E-state index is -0.507. The SMILES string of the molecule is C[C@@H]1CCCC[C@@H]1n1cc(C(N)=O)c(N)n1. The average Bonchev–Trinajstić information content (AvgIpc) is 2.61. The third kappa shape index (κ3) is 1.89. The molecule has 16 heavy (non-hydrogen) atoms. The van der Waals surface area contributed by atoms with Gasteiger partial charge >= 0.3 is 0 Å². The summed E-state index contributed by atoms with van der Waals surface area (Å²) in [5, 5.41) is 4.20. The molecule has 1 aliphatic carbocycles. The number of carbonyl (C=O) groups is 1. The van der Waals surface area contributed by atoms with Crippen LogP contribution in [0.4, 0.5) is 5.82 Å². The van der Waals surface area contributed by atoms with Gasteiger partial charge in [-0.15, -0.1) is 0 Å². The van der Waals surface area contributed by atoms with Crippen molar-refractivity contribution in [1.29, 1.82) is 0 Å². The molecule has 0 aromatic carbocycles. The number of hydrogen-bond donors (Lipinski definition) is 2. The van der Waals surface area contributed by atoms with Gasteiger partial charge < -0.3 is 11.5 Å². The van der Waals surface area contributed by atoms with Crippen LogP contribution in [0.5, 0.6) is 0 Å². The summed E-state index contributed by atoms with van der Waals surface area (Å²) in [4.78, 5) is 11.1. The molecule has 0 saturated heterocycles. The quantitative estimate of drug-likeness (QED) is 0.791. The van der Waals surface area contributed by atoms with Crippen molar-refractivity contribution in [2.45, 2.75) is 38.6 Å². The first kappa shape index (κ1) is 11.0. The fourth-order valence-electron chi connectivity index (χ4n) is 2.45. The molecule has 1 aromatic rings. The molecule has 2 atom stereocenters. The Hall–Kier alpha value is -1.52. The summed E-state index contributed by atoms with van der Waals surface area (Å²) in [7, 11) is 0. The molecule has 1 fully saturated rings. The standard InChI is InChI=1S/C11H18N4O/c1-7-4-2-3-5-9(7)15-6-8(11(13)16)10(12)14-15/h6-7,9H,2-5H2,1H3,(H2,12,14)(H2,13,16)/t7-,9+/m1/s1. The molecule has 88 valence electrons. The highest BCUT2D eigenvalue weighted by molar-refractivity contribution is 5.96. The fraction of sp³-hybridized carbons (Fsp3) is 0.636. The van der Waals surface area contributed by atoms with E-state index < -0.39 is 5.91 Å². The molecule has 1 aliphatic rings. The topological polar surface area (TPSA) is 86.9 Å². The second-order valence-electron chi connectivity index (χ2n) is 4.60. The highest BCUT2D eigenvalue weighted by Gasteiger charge is 2.25. The molecule has 1 saturated carbocycles. The summed E-state index contributed by atoms with van der Waals surface area (Å²) in [6, 6.07) is 0.351. The molecule has 2 rings (SSSR count). The van der Waals surface area contributed by atoms with Crippen LogP contribution >= 0.6 is 0 Å². The van der Waals surface area contributed by atoms with Crippen LogP contribution in [0.3, 0.4) is 0 Å². The molecule has 1 aromatic heterocycles. The van der Waals surface area contributed by atoms with Crippen molar-refractivity contribution in [2.24, 2.45) is 11.7 Å². The lowest BCUT2D eigenvalue weighted by Gasteiger charge is -2.28. The van der Waals surface area contributed by atoms with E-state index in [-0.39, 0.29) is 5.82 Å². The van der Waals surface area contributed by atoms with E-state index in [9.17, 15) is 4.79 Å². The average molecular weight is 222 g/mol. The molecular formula is C11H18N4O. The first-order chi connectivity index (χ1) is 7.59. The molecule has 0 aliphatic heterocycles. The van der Waals surface area contributed by atoms with Crippen molar-refractivity contribution in [3.63, 3.8) is 0 Å². The molecular weight excluding hydrogens is 204 g/mol. The summed E-state index contributed by atoms with van der Waals surface area (Å²) in [5.74, 6) is 0.311. The Bertz CT molecular complexity index is 399. The minimum absolute atomic E-state index is 0.241. The number of carbonyl (C=O) groups excluding carboxylic acids is 1. The number of rotatable bonds is 2. The summed E-state index contributed by atoms with van der Waals surface area (Å²) in [6.07, 6.45) is 6.47. The smallest absolute Gasteiger partial charge is 0.254 e. The van der Waals surface area contributed by atoms with Gasteiger partial charge in [0, 0.05) is 6.20 Å². The van der Waals surface area contributed by atoms with Gasteiger partial charge in [-0.1, -0.05) is 19.8 Å². The number of nitrogens with zero attached hydrogens (tertiary/aromatic N) is 2. The predicted molar refractivity (Wildman–Crippen MR) is 61.8 cm³/mol. The Morgan fingerprint density at radius 1 is 1.50 bits per heavy atom. The third-order valence-corrected chi connectivity index (χ3v) is 3.43. The monoisotopic (exact) mass is 222 g/mol. The number of aromatic nitrogens is 2. The van der Waals surface area contributed by atoms with Gasteiger partial charge in [-0.05, 0) is 18.8 Å². The van der Waals surface area contributed by atoms with Crippen molar-refractivity contribution >= 4 is 11.7 Å². The zero-order valence-electron chi connectivity index (χ0n) is 9.52. The first-order valence-electron chi connectivity index (χ1n) is 5.74. The zero-order valence-corrected chi connectivity index (χ0v) is 9.52. The zero-order chi connectivity index (χ0) is 11.7. The fourth-order valence-corrected chi connectivity index (χ4v) is 2.45. The lowest BCUT2D eigenvalue weighted by atomic mass is 9.86. The molecule has 0 unspecified atom stereocenters. The highest BCUT2D eigenvalue weighted by atomic mass is 16.1. The molecule has 4 N–H and O–H groups in total.